The van der Waals surface area contributed by atoms with Crippen LogP contribution in [0.25, 0.3) is 0 Å². The largest absolute Gasteiger partial charge is 0.354 e. The fourth-order valence-electron chi connectivity index (χ4n) is 2.95. The topological polar surface area (TPSA) is 66.5 Å². The molecule has 1 amide bonds. The van der Waals surface area contributed by atoms with Crippen molar-refractivity contribution in [2.75, 3.05) is 17.1 Å². The molecule has 0 aliphatic rings. The van der Waals surface area contributed by atoms with E-state index in [4.69, 9.17) is 11.6 Å². The number of benzene rings is 2. The van der Waals surface area contributed by atoms with Crippen LogP contribution in [0.5, 0.6) is 0 Å². The van der Waals surface area contributed by atoms with E-state index in [1.54, 1.807) is 6.92 Å². The minimum atomic E-state index is -3.79. The second kappa shape index (κ2) is 9.89. The number of halogens is 2. The van der Waals surface area contributed by atoms with Crippen molar-refractivity contribution in [3.8, 4) is 0 Å². The van der Waals surface area contributed by atoms with Crippen molar-refractivity contribution in [1.29, 1.82) is 0 Å². The Morgan fingerprint density at radius 1 is 1.21 bits per heavy atom. The summed E-state index contributed by atoms with van der Waals surface area (Å²) < 4.78 is 39.2. The number of amides is 1. The normalized spacial score (nSPS) is 12.4. The van der Waals surface area contributed by atoms with Gasteiger partial charge in [-0.2, -0.15) is 0 Å². The first-order chi connectivity index (χ1) is 13.2. The lowest BCUT2D eigenvalue weighted by Crippen LogP contribution is -2.49. The molecule has 0 fully saturated rings. The average molecular weight is 427 g/mol. The van der Waals surface area contributed by atoms with E-state index in [-0.39, 0.29) is 17.1 Å². The average Bonchev–Trinajstić information content (AvgIpc) is 2.65. The van der Waals surface area contributed by atoms with Crippen molar-refractivity contribution in [1.82, 2.24) is 5.32 Å². The van der Waals surface area contributed by atoms with Gasteiger partial charge in [0, 0.05) is 6.54 Å². The molecule has 1 N–H and O–H groups in total. The Kier molecular flexibility index (Phi) is 7.83. The van der Waals surface area contributed by atoms with Gasteiger partial charge in [0.2, 0.25) is 15.9 Å². The summed E-state index contributed by atoms with van der Waals surface area (Å²) >= 11 is 5.80. The second-order valence-electron chi connectivity index (χ2n) is 6.46. The number of hydrogen-bond acceptors (Lipinski definition) is 3. The van der Waals surface area contributed by atoms with Crippen molar-refractivity contribution in [3.63, 3.8) is 0 Å². The Bertz CT molecular complexity index is 907. The molecule has 0 saturated carbocycles. The van der Waals surface area contributed by atoms with Gasteiger partial charge in [0.15, 0.2) is 0 Å². The third kappa shape index (κ3) is 5.94. The van der Waals surface area contributed by atoms with E-state index >= 15 is 0 Å². The van der Waals surface area contributed by atoms with E-state index in [0.717, 1.165) is 29.5 Å². The zero-order valence-corrected chi connectivity index (χ0v) is 17.4. The standard InChI is InChI=1S/C20H24ClFN2O3S/c1-3-19(20(25)23-13-7-10-15-8-5-4-6-9-15)24(28(2,26)27)16-11-12-18(22)17(21)14-16/h4-6,8-9,11-12,14,19H,3,7,10,13H2,1-2H3,(H,23,25)/t19-/m1/s1. The van der Waals surface area contributed by atoms with E-state index in [9.17, 15) is 17.6 Å². The highest BCUT2D eigenvalue weighted by molar-refractivity contribution is 7.92. The molecule has 0 aliphatic carbocycles. The summed E-state index contributed by atoms with van der Waals surface area (Å²) in [5.41, 5.74) is 1.32. The number of carbonyl (C=O) groups excluding carboxylic acids is 1. The number of nitrogens with one attached hydrogen (secondary N) is 1. The summed E-state index contributed by atoms with van der Waals surface area (Å²) in [5.74, 6) is -1.06. The number of anilines is 1. The first-order valence-electron chi connectivity index (χ1n) is 9.00. The maximum Gasteiger partial charge on any atom is 0.243 e. The molecule has 0 saturated heterocycles. The molecule has 0 radical (unpaired) electrons. The minimum Gasteiger partial charge on any atom is -0.354 e. The summed E-state index contributed by atoms with van der Waals surface area (Å²) in [6.45, 7) is 2.14. The van der Waals surface area contributed by atoms with E-state index in [1.807, 2.05) is 30.3 Å². The van der Waals surface area contributed by atoms with Crippen molar-refractivity contribution >= 4 is 33.2 Å². The van der Waals surface area contributed by atoms with Crippen LogP contribution in [0.3, 0.4) is 0 Å². The second-order valence-corrected chi connectivity index (χ2v) is 8.73. The van der Waals surface area contributed by atoms with Gasteiger partial charge < -0.3 is 5.32 Å². The van der Waals surface area contributed by atoms with E-state index < -0.39 is 27.8 Å². The molecule has 5 nitrogen and oxygen atoms in total. The summed E-state index contributed by atoms with van der Waals surface area (Å²) in [5, 5.41) is 2.60. The van der Waals surface area contributed by atoms with Gasteiger partial charge >= 0.3 is 0 Å². The van der Waals surface area contributed by atoms with E-state index in [2.05, 4.69) is 5.32 Å². The molecule has 2 aromatic rings. The first-order valence-corrected chi connectivity index (χ1v) is 11.2. The van der Waals surface area contributed by atoms with Gasteiger partial charge in [0.1, 0.15) is 11.9 Å². The number of nitrogens with zero attached hydrogens (tertiary/aromatic N) is 1. The smallest absolute Gasteiger partial charge is 0.243 e. The van der Waals surface area contributed by atoms with Crippen LogP contribution in [0.4, 0.5) is 10.1 Å². The third-order valence-corrected chi connectivity index (χ3v) is 5.74. The Morgan fingerprint density at radius 2 is 1.89 bits per heavy atom. The van der Waals surface area contributed by atoms with Gasteiger partial charge in [-0.05, 0) is 43.0 Å². The van der Waals surface area contributed by atoms with Crippen LogP contribution in [-0.2, 0) is 21.2 Å². The molecule has 8 heteroatoms. The molecule has 2 aromatic carbocycles. The molecule has 2 rings (SSSR count). The lowest BCUT2D eigenvalue weighted by atomic mass is 10.1. The number of sulfonamides is 1. The summed E-state index contributed by atoms with van der Waals surface area (Å²) in [4.78, 5) is 12.7. The van der Waals surface area contributed by atoms with Crippen molar-refractivity contribution in [3.05, 3.63) is 64.9 Å². The van der Waals surface area contributed by atoms with Crippen LogP contribution < -0.4 is 9.62 Å². The van der Waals surface area contributed by atoms with Crippen LogP contribution in [0.1, 0.15) is 25.3 Å². The van der Waals surface area contributed by atoms with Crippen molar-refractivity contribution in [2.45, 2.75) is 32.2 Å². The number of aryl methyl sites for hydroxylation is 1. The van der Waals surface area contributed by atoms with Crippen LogP contribution in [0.2, 0.25) is 5.02 Å². The zero-order chi connectivity index (χ0) is 20.7. The van der Waals surface area contributed by atoms with Gasteiger partial charge in [0.05, 0.1) is 17.0 Å². The van der Waals surface area contributed by atoms with Crippen LogP contribution in [0, 0.1) is 5.82 Å². The Balaban J connectivity index is 2.09. The van der Waals surface area contributed by atoms with Gasteiger partial charge in [0.25, 0.3) is 0 Å². The first kappa shape index (κ1) is 22.2. The monoisotopic (exact) mass is 426 g/mol. The highest BCUT2D eigenvalue weighted by Crippen LogP contribution is 2.27. The molecular weight excluding hydrogens is 403 g/mol. The molecule has 0 bridgehead atoms. The van der Waals surface area contributed by atoms with Gasteiger partial charge in [-0.15, -0.1) is 0 Å². The molecule has 28 heavy (non-hydrogen) atoms. The summed E-state index contributed by atoms with van der Waals surface area (Å²) in [7, 11) is -3.79. The number of carbonyl (C=O) groups is 1. The summed E-state index contributed by atoms with van der Waals surface area (Å²) in [6, 6.07) is 12.5. The molecule has 0 unspecified atom stereocenters. The third-order valence-electron chi connectivity index (χ3n) is 4.27. The van der Waals surface area contributed by atoms with Crippen LogP contribution >= 0.6 is 11.6 Å². The van der Waals surface area contributed by atoms with Crippen molar-refractivity contribution in [2.24, 2.45) is 0 Å². The van der Waals surface area contributed by atoms with Crippen LogP contribution in [-0.4, -0.2) is 33.2 Å². The van der Waals surface area contributed by atoms with Gasteiger partial charge in [-0.1, -0.05) is 48.9 Å². The maximum absolute atomic E-state index is 13.5. The SMILES string of the molecule is CC[C@H](C(=O)NCCCc1ccccc1)N(c1ccc(F)c(Cl)c1)S(C)(=O)=O. The molecule has 0 spiro atoms. The fourth-order valence-corrected chi connectivity index (χ4v) is 4.33. The van der Waals surface area contributed by atoms with Gasteiger partial charge in [-0.25, -0.2) is 12.8 Å². The Hall–Kier alpha value is -2.12. The molecule has 152 valence electrons. The quantitative estimate of drug-likeness (QED) is 0.620. The molecule has 0 aliphatic heterocycles. The van der Waals surface area contributed by atoms with Crippen LogP contribution in [0.15, 0.2) is 48.5 Å². The lowest BCUT2D eigenvalue weighted by Gasteiger charge is -2.30. The van der Waals surface area contributed by atoms with E-state index in [0.29, 0.717) is 6.54 Å². The molecule has 0 heterocycles. The molecular formula is C20H24ClFN2O3S. The lowest BCUT2D eigenvalue weighted by molar-refractivity contribution is -0.122. The fraction of sp³-hybridized carbons (Fsp3) is 0.350. The number of rotatable bonds is 9. The number of hydrogen-bond donors (Lipinski definition) is 1. The Labute approximate surface area is 170 Å². The molecule has 1 atom stereocenters. The summed E-state index contributed by atoms with van der Waals surface area (Å²) in [6.07, 6.45) is 2.80. The predicted octanol–water partition coefficient (Wildman–Crippen LogP) is 3.77. The Morgan fingerprint density at radius 3 is 2.46 bits per heavy atom. The maximum atomic E-state index is 13.5. The highest BCUT2D eigenvalue weighted by Gasteiger charge is 2.31. The minimum absolute atomic E-state index is 0.153. The van der Waals surface area contributed by atoms with Gasteiger partial charge in [-0.3, -0.25) is 9.10 Å². The van der Waals surface area contributed by atoms with E-state index in [1.165, 1.54) is 17.7 Å². The molecule has 0 aromatic heterocycles. The van der Waals surface area contributed by atoms with Crippen molar-refractivity contribution < 1.29 is 17.6 Å². The zero-order valence-electron chi connectivity index (χ0n) is 15.9. The predicted molar refractivity (Wildman–Crippen MR) is 111 cm³/mol. The highest BCUT2D eigenvalue weighted by atomic mass is 35.5.